The van der Waals surface area contributed by atoms with Crippen molar-refractivity contribution < 1.29 is 39.3 Å². The van der Waals surface area contributed by atoms with Crippen LogP contribution in [0.15, 0.2) is 158 Å². The van der Waals surface area contributed by atoms with Gasteiger partial charge in [-0.05, 0) is 103 Å². The van der Waals surface area contributed by atoms with E-state index in [0.29, 0.717) is 22.6 Å². The topological polar surface area (TPSA) is 50.9 Å². The van der Waals surface area contributed by atoms with Crippen molar-refractivity contribution in [1.29, 1.82) is 0 Å². The molecule has 0 saturated carbocycles. The first-order valence-corrected chi connectivity index (χ1v) is 26.4. The number of hydrogen-bond donors (Lipinski definition) is 1. The molecule has 0 fully saturated rings. The zero-order valence-corrected chi connectivity index (χ0v) is 49.2. The van der Waals surface area contributed by atoms with Gasteiger partial charge in [-0.1, -0.05) is 217 Å². The molecule has 0 spiro atoms. The summed E-state index contributed by atoms with van der Waals surface area (Å²) >= 11 is 0. The number of imidazole rings is 1. The molecule has 2 heterocycles. The number of rotatable bonds is 9. The molecule has 0 aliphatic carbocycles. The molecule has 9 aromatic rings. The molecule has 0 saturated heterocycles. The van der Waals surface area contributed by atoms with Gasteiger partial charge in [-0.3, -0.25) is 9.55 Å². The number of nitrogens with zero attached hydrogens (tertiary/aromatic N) is 3. The third-order valence-corrected chi connectivity index (χ3v) is 14.9. The third kappa shape index (κ3) is 11.5. The zero-order chi connectivity index (χ0) is 54.9. The maximum absolute atomic E-state index is 14.5. The molecule has 8 heteroatoms. The van der Waals surface area contributed by atoms with Gasteiger partial charge in [0.15, 0.2) is 0 Å². The van der Waals surface area contributed by atoms with Crippen LogP contribution in [0.3, 0.4) is 0 Å². The van der Waals surface area contributed by atoms with Gasteiger partial charge in [0.1, 0.15) is 11.6 Å². The number of aromatic nitrogens is 3. The van der Waals surface area contributed by atoms with Gasteiger partial charge in [-0.25, -0.2) is 4.98 Å². The molecule has 1 N–H and O–H groups in total. The summed E-state index contributed by atoms with van der Waals surface area (Å²) in [4.78, 5) is 10.6. The molecule has 0 aliphatic rings. The van der Waals surface area contributed by atoms with E-state index in [9.17, 15) is 18.3 Å². The van der Waals surface area contributed by atoms with Crippen molar-refractivity contribution in [3.63, 3.8) is 0 Å². The molecule has 0 atom stereocenters. The van der Waals surface area contributed by atoms with E-state index in [2.05, 4.69) is 179 Å². The number of para-hydroxylation sites is 1. The second-order valence-electron chi connectivity index (χ2n) is 25.4. The van der Waals surface area contributed by atoms with Gasteiger partial charge in [0.25, 0.3) is 0 Å². The summed E-state index contributed by atoms with van der Waals surface area (Å²) in [5.74, 6) is 0.821. The van der Waals surface area contributed by atoms with Crippen LogP contribution < -0.4 is 0 Å². The Morgan fingerprint density at radius 2 is 1.06 bits per heavy atom. The maximum Gasteiger partial charge on any atom is 0.394 e. The quantitative estimate of drug-likeness (QED) is 0.147. The van der Waals surface area contributed by atoms with E-state index in [4.69, 9.17) is 9.97 Å². The van der Waals surface area contributed by atoms with E-state index in [0.717, 1.165) is 83.5 Å². The van der Waals surface area contributed by atoms with Gasteiger partial charge in [-0.15, -0.1) is 29.3 Å². The molecule has 400 valence electrons. The van der Waals surface area contributed by atoms with Gasteiger partial charge >= 0.3 is 6.18 Å². The SMILES string of the molecule is CC(C)(C)c1cc(-c2cc(-c3ccc(-c4ccccc4)c(CC(C)(C)C(F)(F)F)c3)ccn2)[c-]c(-c2cccc3c2nc(-c2cc(C(C)(C)C)cc(C(C)(C)C)c2O)n3-c2ccc(C(C)(C)C)cc2-c2ccccc2)c1.[Pt]. The first-order valence-electron chi connectivity index (χ1n) is 26.4. The zero-order valence-electron chi connectivity index (χ0n) is 47.0. The van der Waals surface area contributed by atoms with Crippen molar-refractivity contribution in [3.8, 4) is 78.6 Å². The van der Waals surface area contributed by atoms with Crippen LogP contribution in [0.5, 0.6) is 5.75 Å². The van der Waals surface area contributed by atoms with Crippen molar-refractivity contribution in [1.82, 2.24) is 14.5 Å². The molecule has 0 amide bonds. The minimum absolute atomic E-state index is 0. The molecule has 4 nitrogen and oxygen atoms in total. The monoisotopic (exact) mass is 1210 g/mol. The molecule has 77 heavy (non-hydrogen) atoms. The minimum Gasteiger partial charge on any atom is -0.507 e. The van der Waals surface area contributed by atoms with Gasteiger partial charge in [0.2, 0.25) is 0 Å². The average Bonchev–Trinajstić information content (AvgIpc) is 3.83. The fourth-order valence-electron chi connectivity index (χ4n) is 10.0. The normalized spacial score (nSPS) is 12.7. The van der Waals surface area contributed by atoms with Crippen molar-refractivity contribution in [2.75, 3.05) is 0 Å². The first-order chi connectivity index (χ1) is 35.5. The minimum atomic E-state index is -4.39. The van der Waals surface area contributed by atoms with Crippen LogP contribution in [0.25, 0.3) is 83.9 Å². The van der Waals surface area contributed by atoms with Crippen LogP contribution in [-0.4, -0.2) is 25.8 Å². The molecule has 7 aromatic carbocycles. The molecule has 0 aliphatic heterocycles. The van der Waals surface area contributed by atoms with Crippen molar-refractivity contribution in [3.05, 3.63) is 192 Å². The molecule has 2 aromatic heterocycles. The number of phenolic OH excluding ortho intramolecular Hbond substituents is 1. The Hall–Kier alpha value is -6.56. The Morgan fingerprint density at radius 1 is 0.494 bits per heavy atom. The van der Waals surface area contributed by atoms with E-state index in [-0.39, 0.29) is 54.9 Å². The summed E-state index contributed by atoms with van der Waals surface area (Å²) in [5.41, 5.74) is 13.5. The Kier molecular flexibility index (Phi) is 15.2. The number of fused-ring (bicyclic) bond motifs is 1. The molecular weight excluding hydrogens is 1140 g/mol. The molecule has 9 rings (SSSR count). The summed E-state index contributed by atoms with van der Waals surface area (Å²) < 4.78 is 45.7. The fraction of sp³-hybridized carbons (Fsp3) is 0.304. The van der Waals surface area contributed by atoms with Crippen molar-refractivity contribution >= 4 is 11.0 Å². The van der Waals surface area contributed by atoms with E-state index in [1.807, 2.05) is 66.7 Å². The number of halogens is 3. The van der Waals surface area contributed by atoms with Gasteiger partial charge in [0, 0.05) is 44.1 Å². The van der Waals surface area contributed by atoms with Gasteiger partial charge < -0.3 is 5.11 Å². The number of pyridine rings is 1. The van der Waals surface area contributed by atoms with E-state index >= 15 is 0 Å². The van der Waals surface area contributed by atoms with Gasteiger partial charge in [0.05, 0.1) is 27.7 Å². The summed E-state index contributed by atoms with van der Waals surface area (Å²) in [6, 6.07) is 55.2. The van der Waals surface area contributed by atoms with E-state index in [1.54, 1.807) is 6.20 Å². The van der Waals surface area contributed by atoms with Crippen LogP contribution in [-0.2, 0) is 49.1 Å². The number of hydrogen-bond acceptors (Lipinski definition) is 3. The van der Waals surface area contributed by atoms with Crippen LogP contribution in [0.1, 0.15) is 125 Å². The van der Waals surface area contributed by atoms with E-state index < -0.39 is 11.6 Å². The number of aromatic hydroxyl groups is 1. The Bertz CT molecular complexity index is 3620. The summed E-state index contributed by atoms with van der Waals surface area (Å²) in [6.07, 6.45) is -2.82. The van der Waals surface area contributed by atoms with E-state index in [1.165, 1.54) is 19.4 Å². The fourth-order valence-corrected chi connectivity index (χ4v) is 10.0. The molecule has 0 radical (unpaired) electrons. The molecule has 0 unspecified atom stereocenters. The first kappa shape index (κ1) is 56.6. The Morgan fingerprint density at radius 3 is 1.66 bits per heavy atom. The number of benzene rings is 7. The summed E-state index contributed by atoms with van der Waals surface area (Å²) in [6.45, 7) is 28.8. The molecule has 0 bridgehead atoms. The Balaban J connectivity index is 0.00000784. The van der Waals surface area contributed by atoms with Crippen molar-refractivity contribution in [2.45, 2.75) is 131 Å². The third-order valence-electron chi connectivity index (χ3n) is 14.9. The number of alkyl halides is 3. The second-order valence-corrected chi connectivity index (χ2v) is 25.4. The predicted molar refractivity (Wildman–Crippen MR) is 310 cm³/mol. The predicted octanol–water partition coefficient (Wildman–Crippen LogP) is 19.2. The molecular formula is C69H71F3N3OPt-. The van der Waals surface area contributed by atoms with Crippen LogP contribution in [0.4, 0.5) is 13.2 Å². The number of phenols is 1. The van der Waals surface area contributed by atoms with Crippen LogP contribution >= 0.6 is 0 Å². The second kappa shape index (κ2) is 20.7. The largest absolute Gasteiger partial charge is 0.507 e. The standard InChI is InChI=1S/C69H71F3N3O.Pt/c1-64(2,3)50-29-31-59(55(39-50)44-24-19-16-20-25-44)75-60-27-21-26-54(61(60)74-63(75)56-40-52(66(7,8)9)41-57(62(56)76)67(10,11)12)47-35-48(37-51(36-47)65(4,5)6)58-38-46(32-33-73-58)45-28-30-53(43-22-17-15-18-23-43)49(34-45)42-68(13,14)69(70,71)72;/h15-34,36-41,76H,42H2,1-14H3;/q-1;. The average molecular weight is 1210 g/mol. The van der Waals surface area contributed by atoms with Crippen LogP contribution in [0.2, 0.25) is 0 Å². The summed E-state index contributed by atoms with van der Waals surface area (Å²) in [5, 5.41) is 12.6. The summed E-state index contributed by atoms with van der Waals surface area (Å²) in [7, 11) is 0. The van der Waals surface area contributed by atoms with Crippen molar-refractivity contribution in [2.24, 2.45) is 5.41 Å². The van der Waals surface area contributed by atoms with Crippen LogP contribution in [0, 0.1) is 11.5 Å². The Labute approximate surface area is 469 Å². The smallest absolute Gasteiger partial charge is 0.394 e. The van der Waals surface area contributed by atoms with Gasteiger partial charge in [-0.2, -0.15) is 13.2 Å². The maximum atomic E-state index is 14.5.